The molecular formula is C13H15BrN2O. The average Bonchev–Trinajstić information content (AvgIpc) is 2.64. The van der Waals surface area contributed by atoms with E-state index in [1.807, 2.05) is 31.5 Å². The Labute approximate surface area is 110 Å². The topological polar surface area (TPSA) is 27.1 Å². The van der Waals surface area contributed by atoms with Crippen LogP contribution < -0.4 is 4.74 Å². The van der Waals surface area contributed by atoms with E-state index in [0.29, 0.717) is 0 Å². The number of ether oxygens (including phenoxy) is 1. The first-order valence-electron chi connectivity index (χ1n) is 5.42. The number of hydrogen-bond donors (Lipinski definition) is 0. The highest BCUT2D eigenvalue weighted by atomic mass is 79.9. The van der Waals surface area contributed by atoms with Crippen LogP contribution in [0.4, 0.5) is 0 Å². The van der Waals surface area contributed by atoms with Crippen molar-refractivity contribution >= 4 is 15.9 Å². The molecule has 0 amide bonds. The zero-order valence-electron chi connectivity index (χ0n) is 10.2. The maximum atomic E-state index is 5.24. The first-order chi connectivity index (χ1) is 8.11. The van der Waals surface area contributed by atoms with E-state index in [2.05, 4.69) is 32.4 Å². The van der Waals surface area contributed by atoms with Gasteiger partial charge in [-0.25, -0.2) is 4.98 Å². The summed E-state index contributed by atoms with van der Waals surface area (Å²) >= 11 is 3.56. The molecule has 0 radical (unpaired) electrons. The molecule has 1 heterocycles. The van der Waals surface area contributed by atoms with Crippen LogP contribution in [-0.4, -0.2) is 16.7 Å². The number of rotatable bonds is 3. The Hall–Kier alpha value is -1.29. The first-order valence-corrected chi connectivity index (χ1v) is 6.22. The second-order valence-corrected chi connectivity index (χ2v) is 4.85. The number of methoxy groups -OCH3 is 1. The van der Waals surface area contributed by atoms with Crippen LogP contribution in [0.3, 0.4) is 0 Å². The van der Waals surface area contributed by atoms with Crippen molar-refractivity contribution in [1.29, 1.82) is 0 Å². The van der Waals surface area contributed by atoms with Crippen molar-refractivity contribution in [3.63, 3.8) is 0 Å². The average molecular weight is 295 g/mol. The fraction of sp³-hybridized carbons (Fsp3) is 0.308. The van der Waals surface area contributed by atoms with Gasteiger partial charge in [-0.15, -0.1) is 0 Å². The smallest absolute Gasteiger partial charge is 0.119 e. The molecule has 0 aliphatic heterocycles. The SMILES string of the molecule is COc1ccc(Br)c(Cn2cnc(C)c2C)c1. The third-order valence-electron chi connectivity index (χ3n) is 2.94. The highest BCUT2D eigenvalue weighted by Gasteiger charge is 2.06. The number of nitrogens with zero attached hydrogens (tertiary/aromatic N) is 2. The summed E-state index contributed by atoms with van der Waals surface area (Å²) in [7, 11) is 1.68. The lowest BCUT2D eigenvalue weighted by Crippen LogP contribution is -2.01. The van der Waals surface area contributed by atoms with Crippen molar-refractivity contribution in [1.82, 2.24) is 9.55 Å². The number of halogens is 1. The van der Waals surface area contributed by atoms with Gasteiger partial charge in [-0.05, 0) is 37.6 Å². The molecule has 0 unspecified atom stereocenters. The number of imidazole rings is 1. The highest BCUT2D eigenvalue weighted by Crippen LogP contribution is 2.23. The molecule has 2 rings (SSSR count). The number of hydrogen-bond acceptors (Lipinski definition) is 2. The van der Waals surface area contributed by atoms with Gasteiger partial charge < -0.3 is 9.30 Å². The zero-order chi connectivity index (χ0) is 12.4. The summed E-state index contributed by atoms with van der Waals surface area (Å²) in [5, 5.41) is 0. The van der Waals surface area contributed by atoms with Crippen molar-refractivity contribution in [2.45, 2.75) is 20.4 Å². The molecular weight excluding hydrogens is 280 g/mol. The predicted octanol–water partition coefficient (Wildman–Crippen LogP) is 3.32. The van der Waals surface area contributed by atoms with Crippen LogP contribution in [0.25, 0.3) is 0 Å². The summed E-state index contributed by atoms with van der Waals surface area (Å²) in [6.07, 6.45) is 1.87. The Kier molecular flexibility index (Phi) is 3.52. The number of benzene rings is 1. The van der Waals surface area contributed by atoms with Crippen molar-refractivity contribution in [3.8, 4) is 5.75 Å². The van der Waals surface area contributed by atoms with E-state index >= 15 is 0 Å². The van der Waals surface area contributed by atoms with Crippen LogP contribution in [-0.2, 0) is 6.54 Å². The zero-order valence-corrected chi connectivity index (χ0v) is 11.8. The Balaban J connectivity index is 2.32. The molecule has 3 nitrogen and oxygen atoms in total. The van der Waals surface area contributed by atoms with Gasteiger partial charge in [-0.3, -0.25) is 0 Å². The quantitative estimate of drug-likeness (QED) is 0.868. The molecule has 90 valence electrons. The summed E-state index contributed by atoms with van der Waals surface area (Å²) in [4.78, 5) is 4.30. The summed E-state index contributed by atoms with van der Waals surface area (Å²) in [6, 6.07) is 5.99. The maximum Gasteiger partial charge on any atom is 0.119 e. The molecule has 0 saturated carbocycles. The van der Waals surface area contributed by atoms with Gasteiger partial charge in [0.2, 0.25) is 0 Å². The minimum Gasteiger partial charge on any atom is -0.497 e. The fourth-order valence-corrected chi connectivity index (χ4v) is 2.06. The molecule has 0 saturated heterocycles. The van der Waals surface area contributed by atoms with Crippen molar-refractivity contribution in [3.05, 3.63) is 46.0 Å². The van der Waals surface area contributed by atoms with Crippen LogP contribution in [0.5, 0.6) is 5.75 Å². The number of aryl methyl sites for hydroxylation is 1. The lowest BCUT2D eigenvalue weighted by atomic mass is 10.2. The second kappa shape index (κ2) is 4.92. The van der Waals surface area contributed by atoms with Gasteiger partial charge in [0.25, 0.3) is 0 Å². The van der Waals surface area contributed by atoms with Gasteiger partial charge in [0.1, 0.15) is 5.75 Å². The molecule has 0 aliphatic carbocycles. The van der Waals surface area contributed by atoms with Crippen molar-refractivity contribution in [2.75, 3.05) is 7.11 Å². The van der Waals surface area contributed by atoms with E-state index in [1.54, 1.807) is 7.11 Å². The van der Waals surface area contributed by atoms with Gasteiger partial charge in [-0.2, -0.15) is 0 Å². The van der Waals surface area contributed by atoms with E-state index < -0.39 is 0 Å². The van der Waals surface area contributed by atoms with Crippen LogP contribution >= 0.6 is 15.9 Å². The van der Waals surface area contributed by atoms with Crippen LogP contribution in [0.15, 0.2) is 29.0 Å². The van der Waals surface area contributed by atoms with Gasteiger partial charge in [0.15, 0.2) is 0 Å². The molecule has 0 aliphatic rings. The molecule has 0 bridgehead atoms. The van der Waals surface area contributed by atoms with Gasteiger partial charge in [0.05, 0.1) is 19.1 Å². The van der Waals surface area contributed by atoms with E-state index in [9.17, 15) is 0 Å². The molecule has 2 aromatic rings. The summed E-state index contributed by atoms with van der Waals surface area (Å²) in [5.74, 6) is 0.873. The molecule has 0 spiro atoms. The molecule has 1 aromatic heterocycles. The Morgan fingerprint density at radius 3 is 2.71 bits per heavy atom. The molecule has 0 N–H and O–H groups in total. The van der Waals surface area contributed by atoms with Crippen molar-refractivity contribution in [2.24, 2.45) is 0 Å². The van der Waals surface area contributed by atoms with Crippen LogP contribution in [0, 0.1) is 13.8 Å². The van der Waals surface area contributed by atoms with Crippen LogP contribution in [0.2, 0.25) is 0 Å². The molecule has 0 atom stereocenters. The Morgan fingerprint density at radius 1 is 1.35 bits per heavy atom. The predicted molar refractivity (Wildman–Crippen MR) is 71.5 cm³/mol. The summed E-state index contributed by atoms with van der Waals surface area (Å²) in [6.45, 7) is 4.90. The van der Waals surface area contributed by atoms with E-state index in [0.717, 1.165) is 22.5 Å². The number of aromatic nitrogens is 2. The lowest BCUT2D eigenvalue weighted by molar-refractivity contribution is 0.414. The highest BCUT2D eigenvalue weighted by molar-refractivity contribution is 9.10. The van der Waals surface area contributed by atoms with Crippen LogP contribution in [0.1, 0.15) is 17.0 Å². The van der Waals surface area contributed by atoms with Gasteiger partial charge in [-0.1, -0.05) is 15.9 Å². The van der Waals surface area contributed by atoms with Gasteiger partial charge in [0, 0.05) is 16.7 Å². The molecule has 17 heavy (non-hydrogen) atoms. The Bertz CT molecular complexity index is 534. The summed E-state index contributed by atoms with van der Waals surface area (Å²) in [5.41, 5.74) is 3.45. The largest absolute Gasteiger partial charge is 0.497 e. The maximum absolute atomic E-state index is 5.24. The normalized spacial score (nSPS) is 10.6. The molecule has 4 heteroatoms. The third-order valence-corrected chi connectivity index (χ3v) is 3.71. The fourth-order valence-electron chi connectivity index (χ4n) is 1.69. The molecule has 0 fully saturated rings. The first kappa shape index (κ1) is 12.2. The standard InChI is InChI=1S/C13H15BrN2O/c1-9-10(2)16(8-15-9)7-11-6-12(17-3)4-5-13(11)14/h4-6,8H,7H2,1-3H3. The minimum atomic E-state index is 0.796. The second-order valence-electron chi connectivity index (χ2n) is 4.00. The minimum absolute atomic E-state index is 0.796. The van der Waals surface area contributed by atoms with E-state index in [1.165, 1.54) is 11.3 Å². The third kappa shape index (κ3) is 2.52. The Morgan fingerprint density at radius 2 is 2.12 bits per heavy atom. The molecule has 1 aromatic carbocycles. The van der Waals surface area contributed by atoms with E-state index in [4.69, 9.17) is 4.74 Å². The summed E-state index contributed by atoms with van der Waals surface area (Å²) < 4.78 is 8.46. The monoisotopic (exact) mass is 294 g/mol. The van der Waals surface area contributed by atoms with Crippen molar-refractivity contribution < 1.29 is 4.74 Å². The van der Waals surface area contributed by atoms with Gasteiger partial charge >= 0.3 is 0 Å². The van der Waals surface area contributed by atoms with E-state index in [-0.39, 0.29) is 0 Å². The lowest BCUT2D eigenvalue weighted by Gasteiger charge is -2.09.